The van der Waals surface area contributed by atoms with Crippen molar-refractivity contribution in [1.29, 1.82) is 0 Å². The van der Waals surface area contributed by atoms with Gasteiger partial charge in [0.05, 0.1) is 5.56 Å². The molecule has 1 aromatic rings. The van der Waals surface area contributed by atoms with Crippen LogP contribution < -0.4 is 15.2 Å². The minimum atomic E-state index is -4.22. The molecule has 1 fully saturated rings. The van der Waals surface area contributed by atoms with E-state index in [0.717, 1.165) is 31.5 Å². The molecule has 3 N–H and O–H groups in total. The van der Waals surface area contributed by atoms with E-state index in [0.29, 0.717) is 23.9 Å². The maximum absolute atomic E-state index is 12.8. The van der Waals surface area contributed by atoms with E-state index in [1.54, 1.807) is 18.2 Å². The Labute approximate surface area is 175 Å². The number of primary amides is 1. The Kier molecular flexibility index (Phi) is 5.50. The third-order valence-electron chi connectivity index (χ3n) is 5.12. The Morgan fingerprint density at radius 3 is 2.87 bits per heavy atom. The summed E-state index contributed by atoms with van der Waals surface area (Å²) in [5, 5.41) is 3.40. The molecule has 0 bridgehead atoms. The summed E-state index contributed by atoms with van der Waals surface area (Å²) in [6.45, 7) is 5.57. The van der Waals surface area contributed by atoms with E-state index >= 15 is 0 Å². The average Bonchev–Trinajstić information content (AvgIpc) is 3.10. The number of carbonyl (C=O) groups is 1. The van der Waals surface area contributed by atoms with Crippen molar-refractivity contribution < 1.29 is 21.8 Å². The molecule has 0 saturated carbocycles. The summed E-state index contributed by atoms with van der Waals surface area (Å²) in [7, 11) is -4.22. The van der Waals surface area contributed by atoms with Gasteiger partial charge in [0, 0.05) is 37.8 Å². The number of piperazine rings is 1. The van der Waals surface area contributed by atoms with Crippen LogP contribution in [0, 0.1) is 0 Å². The first kappa shape index (κ1) is 20.4. The molecule has 1 aliphatic carbocycles. The molecule has 0 unspecified atom stereocenters. The van der Waals surface area contributed by atoms with Gasteiger partial charge in [0.1, 0.15) is 16.9 Å². The highest BCUT2D eigenvalue weighted by molar-refractivity contribution is 7.87. The fourth-order valence-electron chi connectivity index (χ4n) is 3.65. The second kappa shape index (κ2) is 8.10. The number of para-hydroxylation sites is 1. The smallest absolute Gasteiger partial charge is 0.342 e. The number of nitrogens with one attached hydrogen (secondary N) is 1. The number of benzene rings is 1. The van der Waals surface area contributed by atoms with Crippen LogP contribution >= 0.6 is 0 Å². The number of carbonyl (C=O) groups excluding carboxylic acids is 1. The van der Waals surface area contributed by atoms with Gasteiger partial charge in [-0.1, -0.05) is 18.2 Å². The Morgan fingerprint density at radius 1 is 1.30 bits per heavy atom. The van der Waals surface area contributed by atoms with Crippen LogP contribution in [0.15, 0.2) is 58.0 Å². The fourth-order valence-corrected chi connectivity index (χ4v) is 4.56. The van der Waals surface area contributed by atoms with Crippen LogP contribution in [-0.2, 0) is 16.7 Å². The molecule has 1 aromatic carbocycles. The summed E-state index contributed by atoms with van der Waals surface area (Å²) in [4.78, 5) is 13.7. The first-order chi connectivity index (χ1) is 14.3. The zero-order chi connectivity index (χ0) is 21.3. The third kappa shape index (κ3) is 4.18. The van der Waals surface area contributed by atoms with Gasteiger partial charge in [0.25, 0.3) is 5.91 Å². The summed E-state index contributed by atoms with van der Waals surface area (Å²) in [6.07, 6.45) is 1.14. The van der Waals surface area contributed by atoms with Crippen molar-refractivity contribution >= 4 is 16.0 Å². The highest BCUT2D eigenvalue weighted by atomic mass is 32.2. The summed E-state index contributed by atoms with van der Waals surface area (Å²) >= 11 is 0. The summed E-state index contributed by atoms with van der Waals surface area (Å²) in [6, 6.07) is 11.7. The average molecular weight is 429 g/mol. The van der Waals surface area contributed by atoms with Crippen LogP contribution in [0.2, 0.25) is 0 Å². The second-order valence-electron chi connectivity index (χ2n) is 7.41. The van der Waals surface area contributed by atoms with Gasteiger partial charge in [-0.3, -0.25) is 9.69 Å². The maximum atomic E-state index is 12.8. The summed E-state index contributed by atoms with van der Waals surface area (Å²) < 4.78 is 36.4. The maximum Gasteiger partial charge on any atom is 0.342 e. The fraction of sp³-hybridized carbons (Fsp3) is 0.286. The Morgan fingerprint density at radius 2 is 2.10 bits per heavy atom. The molecule has 30 heavy (non-hydrogen) atoms. The first-order valence-electron chi connectivity index (χ1n) is 9.62. The topological polar surface area (TPSA) is 115 Å². The molecule has 9 heteroatoms. The minimum absolute atomic E-state index is 0.0130. The van der Waals surface area contributed by atoms with Crippen LogP contribution in [0.5, 0.6) is 5.75 Å². The first-order valence-corrected chi connectivity index (χ1v) is 11.0. The lowest BCUT2D eigenvalue weighted by Gasteiger charge is -2.31. The van der Waals surface area contributed by atoms with Crippen molar-refractivity contribution in [2.45, 2.75) is 24.4 Å². The summed E-state index contributed by atoms with van der Waals surface area (Å²) in [5.41, 5.74) is 7.00. The van der Waals surface area contributed by atoms with Gasteiger partial charge in [-0.15, -0.1) is 0 Å². The van der Waals surface area contributed by atoms with Crippen LogP contribution in [0.1, 0.15) is 22.8 Å². The lowest BCUT2D eigenvalue weighted by molar-refractivity contribution is 0.0999. The molecule has 0 radical (unpaired) electrons. The van der Waals surface area contributed by atoms with Crippen LogP contribution in [-0.4, -0.2) is 44.9 Å². The van der Waals surface area contributed by atoms with Gasteiger partial charge in [-0.25, -0.2) is 0 Å². The predicted octanol–water partition coefficient (Wildman–Crippen LogP) is 2.04. The van der Waals surface area contributed by atoms with Gasteiger partial charge < -0.3 is 19.7 Å². The molecule has 1 atom stereocenters. The molecule has 158 valence electrons. The predicted molar refractivity (Wildman–Crippen MR) is 111 cm³/mol. The standard InChI is InChI=1S/C21H23N3O5S/c1-14-11-24(9-8-23-14)12-15-6-7-19-18(15)10-16(13-28-19)30(26,27)29-20-5-3-2-4-17(20)21(22)25/h2-7,10,13-14,23H,8-9,11-12H2,1H3,(H2,22,25)/t14-/m0/s1. The van der Waals surface area contributed by atoms with E-state index in [-0.39, 0.29) is 16.2 Å². The van der Waals surface area contributed by atoms with Crippen molar-refractivity contribution in [3.8, 4) is 17.1 Å². The largest absolute Gasteiger partial charge is 0.463 e. The molecule has 4 rings (SSSR count). The molecule has 1 amide bonds. The van der Waals surface area contributed by atoms with Gasteiger partial charge in [0.2, 0.25) is 0 Å². The van der Waals surface area contributed by atoms with Gasteiger partial charge in [-0.2, -0.15) is 8.42 Å². The molecule has 0 aromatic heterocycles. The van der Waals surface area contributed by atoms with Crippen molar-refractivity contribution in [1.82, 2.24) is 10.2 Å². The molecular formula is C21H23N3O5S. The molecule has 1 saturated heterocycles. The molecule has 3 aliphatic rings. The van der Waals surface area contributed by atoms with Gasteiger partial charge in [-0.05, 0) is 36.8 Å². The van der Waals surface area contributed by atoms with Crippen molar-refractivity contribution in [2.75, 3.05) is 19.6 Å². The number of fused-ring (bicyclic) bond motifs is 1. The van der Waals surface area contributed by atoms with E-state index < -0.39 is 16.0 Å². The molecular weight excluding hydrogens is 406 g/mol. The number of rotatable bonds is 6. The number of nitrogens with two attached hydrogens (primary N) is 1. The monoisotopic (exact) mass is 429 g/mol. The SMILES string of the molecule is C[C@H]1CN(Cc2ccc3occ(S(=O)(=O)Oc4ccccc4C(N)=O)cc2-3)CCN1. The van der Waals surface area contributed by atoms with E-state index in [2.05, 4.69) is 17.1 Å². The molecule has 0 spiro atoms. The second-order valence-corrected chi connectivity index (χ2v) is 8.95. The molecule has 8 nitrogen and oxygen atoms in total. The van der Waals surface area contributed by atoms with E-state index in [1.807, 2.05) is 12.1 Å². The highest BCUT2D eigenvalue weighted by Crippen LogP contribution is 2.33. The highest BCUT2D eigenvalue weighted by Gasteiger charge is 2.25. The molecule has 2 aliphatic heterocycles. The van der Waals surface area contributed by atoms with E-state index in [1.165, 1.54) is 12.1 Å². The lowest BCUT2D eigenvalue weighted by atomic mass is 10.1. The number of hydrogen-bond donors (Lipinski definition) is 2. The van der Waals surface area contributed by atoms with Crippen LogP contribution in [0.4, 0.5) is 0 Å². The zero-order valence-corrected chi connectivity index (χ0v) is 17.3. The Hall–Kier alpha value is -2.88. The summed E-state index contributed by atoms with van der Waals surface area (Å²) in [5.74, 6) is -0.295. The quantitative estimate of drug-likeness (QED) is 0.576. The van der Waals surface area contributed by atoms with Crippen LogP contribution in [0.3, 0.4) is 0 Å². The van der Waals surface area contributed by atoms with Crippen LogP contribution in [0.25, 0.3) is 11.3 Å². The van der Waals surface area contributed by atoms with Crippen molar-refractivity contribution in [2.24, 2.45) is 5.73 Å². The third-order valence-corrected chi connectivity index (χ3v) is 6.31. The number of amides is 1. The minimum Gasteiger partial charge on any atom is -0.463 e. The lowest BCUT2D eigenvalue weighted by Crippen LogP contribution is -2.48. The van der Waals surface area contributed by atoms with E-state index in [9.17, 15) is 13.2 Å². The Balaban J connectivity index is 1.63. The van der Waals surface area contributed by atoms with Gasteiger partial charge in [0.15, 0.2) is 5.75 Å². The van der Waals surface area contributed by atoms with E-state index in [4.69, 9.17) is 14.3 Å². The number of hydrogen-bond acceptors (Lipinski definition) is 7. The Bertz CT molecular complexity index is 1140. The normalized spacial score (nSPS) is 17.8. The zero-order valence-electron chi connectivity index (χ0n) is 16.5. The van der Waals surface area contributed by atoms with Crippen molar-refractivity contribution in [3.63, 3.8) is 0 Å². The van der Waals surface area contributed by atoms with Crippen molar-refractivity contribution in [3.05, 3.63) is 59.9 Å². The molecule has 2 heterocycles. The number of nitrogens with zero attached hydrogens (tertiary/aromatic N) is 1. The van der Waals surface area contributed by atoms with Gasteiger partial charge >= 0.3 is 10.1 Å².